The van der Waals surface area contributed by atoms with Crippen molar-refractivity contribution in [1.82, 2.24) is 0 Å². The molecule has 0 aromatic heterocycles. The van der Waals surface area contributed by atoms with Crippen molar-refractivity contribution in [3.63, 3.8) is 0 Å². The Morgan fingerprint density at radius 3 is 2.11 bits per heavy atom. The standard InChI is InChI=1S/C29H37F3O3/c1-3-34-26-14-12-23(16-25(26)30)21-6-4-19(5-7-21)17-35-27-15-13-24(28(31)29(27)32)22-10-8-20(9-11-22)18(2)33/h12-16,18-22,33H,3-11,17H2,1-2H3. The van der Waals surface area contributed by atoms with E-state index in [2.05, 4.69) is 0 Å². The first-order valence-electron chi connectivity index (χ1n) is 13.1. The summed E-state index contributed by atoms with van der Waals surface area (Å²) < 4.78 is 54.9. The fourth-order valence-corrected chi connectivity index (χ4v) is 5.80. The van der Waals surface area contributed by atoms with Crippen LogP contribution in [0.25, 0.3) is 0 Å². The van der Waals surface area contributed by atoms with E-state index in [1.807, 2.05) is 13.0 Å². The van der Waals surface area contributed by atoms with Crippen LogP contribution in [0.4, 0.5) is 13.2 Å². The third kappa shape index (κ3) is 6.14. The Bertz CT molecular complexity index is 977. The molecule has 6 heteroatoms. The largest absolute Gasteiger partial charge is 0.491 e. The second kappa shape index (κ2) is 11.7. The average Bonchev–Trinajstić information content (AvgIpc) is 2.87. The Labute approximate surface area is 206 Å². The normalized spacial score (nSPS) is 25.8. The zero-order valence-corrected chi connectivity index (χ0v) is 20.7. The second-order valence-corrected chi connectivity index (χ2v) is 10.3. The van der Waals surface area contributed by atoms with Crippen LogP contribution in [0, 0.1) is 29.3 Å². The predicted molar refractivity (Wildman–Crippen MR) is 131 cm³/mol. The van der Waals surface area contributed by atoms with Crippen molar-refractivity contribution in [1.29, 1.82) is 0 Å². The smallest absolute Gasteiger partial charge is 0.200 e. The zero-order chi connectivity index (χ0) is 24.9. The minimum absolute atomic E-state index is 0.0173. The number of aliphatic hydroxyl groups excluding tert-OH is 1. The molecule has 1 N–H and O–H groups in total. The van der Waals surface area contributed by atoms with E-state index in [0.29, 0.717) is 18.8 Å². The number of rotatable bonds is 8. The van der Waals surface area contributed by atoms with Crippen LogP contribution in [0.3, 0.4) is 0 Å². The highest BCUT2D eigenvalue weighted by molar-refractivity contribution is 5.34. The summed E-state index contributed by atoms with van der Waals surface area (Å²) in [6, 6.07) is 8.43. The first kappa shape index (κ1) is 25.9. The number of hydrogen-bond acceptors (Lipinski definition) is 3. The lowest BCUT2D eigenvalue weighted by molar-refractivity contribution is 0.0963. The van der Waals surface area contributed by atoms with Gasteiger partial charge in [0.1, 0.15) is 0 Å². The van der Waals surface area contributed by atoms with Gasteiger partial charge in [0, 0.05) is 0 Å². The van der Waals surface area contributed by atoms with Crippen LogP contribution >= 0.6 is 0 Å². The third-order valence-electron chi connectivity index (χ3n) is 8.02. The van der Waals surface area contributed by atoms with Gasteiger partial charge in [0.25, 0.3) is 0 Å². The van der Waals surface area contributed by atoms with Gasteiger partial charge in [-0.15, -0.1) is 0 Å². The van der Waals surface area contributed by atoms with E-state index in [1.165, 1.54) is 0 Å². The number of hydrogen-bond donors (Lipinski definition) is 1. The van der Waals surface area contributed by atoms with E-state index < -0.39 is 11.6 Å². The molecule has 1 unspecified atom stereocenters. The maximum absolute atomic E-state index is 14.9. The quantitative estimate of drug-likeness (QED) is 0.416. The van der Waals surface area contributed by atoms with E-state index in [9.17, 15) is 18.3 Å². The summed E-state index contributed by atoms with van der Waals surface area (Å²) in [6.07, 6.45) is 6.43. The number of benzene rings is 2. The molecule has 2 aliphatic carbocycles. The molecule has 2 aromatic carbocycles. The molecule has 0 radical (unpaired) electrons. The molecule has 3 nitrogen and oxygen atoms in total. The van der Waals surface area contributed by atoms with Crippen molar-refractivity contribution in [3.05, 3.63) is 58.9 Å². The Balaban J connectivity index is 1.29. The van der Waals surface area contributed by atoms with Gasteiger partial charge in [0.2, 0.25) is 5.82 Å². The molecule has 0 saturated heterocycles. The maximum Gasteiger partial charge on any atom is 0.200 e. The first-order valence-corrected chi connectivity index (χ1v) is 13.1. The molecule has 0 spiro atoms. The molecule has 192 valence electrons. The van der Waals surface area contributed by atoms with Crippen molar-refractivity contribution in [2.45, 2.75) is 83.2 Å². The van der Waals surface area contributed by atoms with Crippen molar-refractivity contribution >= 4 is 0 Å². The van der Waals surface area contributed by atoms with Crippen molar-refractivity contribution < 1.29 is 27.8 Å². The Morgan fingerprint density at radius 1 is 0.829 bits per heavy atom. The Morgan fingerprint density at radius 2 is 1.49 bits per heavy atom. The SMILES string of the molecule is CCOc1ccc(C2CCC(COc3ccc(C4CCC(C(C)O)CC4)c(F)c3F)CC2)cc1F. The van der Waals surface area contributed by atoms with E-state index >= 15 is 0 Å². The van der Waals surface area contributed by atoms with Crippen LogP contribution in [0.1, 0.15) is 88.2 Å². The molecule has 2 aliphatic rings. The Hall–Kier alpha value is -2.21. The molecule has 0 bridgehead atoms. The van der Waals surface area contributed by atoms with E-state index in [-0.39, 0.29) is 47.1 Å². The molecule has 1 atom stereocenters. The molecule has 4 rings (SSSR count). The van der Waals surface area contributed by atoms with E-state index in [4.69, 9.17) is 9.47 Å². The van der Waals surface area contributed by atoms with Crippen molar-refractivity contribution in [2.75, 3.05) is 13.2 Å². The van der Waals surface area contributed by atoms with Gasteiger partial charge in [-0.25, -0.2) is 8.78 Å². The Kier molecular flexibility index (Phi) is 8.64. The minimum atomic E-state index is -0.904. The predicted octanol–water partition coefficient (Wildman–Crippen LogP) is 7.51. The fraction of sp³-hybridized carbons (Fsp3) is 0.586. The molecular weight excluding hydrogens is 453 g/mol. The van der Waals surface area contributed by atoms with Gasteiger partial charge < -0.3 is 14.6 Å². The lowest BCUT2D eigenvalue weighted by Gasteiger charge is -2.31. The van der Waals surface area contributed by atoms with Crippen LogP contribution in [-0.2, 0) is 0 Å². The van der Waals surface area contributed by atoms with Crippen LogP contribution in [0.2, 0.25) is 0 Å². The molecular formula is C29H37F3O3. The van der Waals surface area contributed by atoms with Gasteiger partial charge in [0.15, 0.2) is 23.1 Å². The molecule has 0 amide bonds. The highest BCUT2D eigenvalue weighted by Crippen LogP contribution is 2.40. The topological polar surface area (TPSA) is 38.7 Å². The average molecular weight is 491 g/mol. The summed E-state index contributed by atoms with van der Waals surface area (Å²) in [6.45, 7) is 4.40. The van der Waals surface area contributed by atoms with Gasteiger partial charge >= 0.3 is 0 Å². The number of ether oxygens (including phenoxy) is 2. The van der Waals surface area contributed by atoms with Gasteiger partial charge in [-0.3, -0.25) is 0 Å². The molecule has 0 heterocycles. The van der Waals surface area contributed by atoms with Crippen molar-refractivity contribution in [3.8, 4) is 11.5 Å². The van der Waals surface area contributed by atoms with Gasteiger partial charge in [0.05, 0.1) is 19.3 Å². The number of aliphatic hydroxyl groups is 1. The van der Waals surface area contributed by atoms with E-state index in [1.54, 1.807) is 31.2 Å². The van der Waals surface area contributed by atoms with E-state index in [0.717, 1.165) is 56.9 Å². The van der Waals surface area contributed by atoms with Gasteiger partial charge in [-0.2, -0.15) is 4.39 Å². The summed E-state index contributed by atoms with van der Waals surface area (Å²) in [5.74, 6) is -1.01. The van der Waals surface area contributed by atoms with Crippen LogP contribution < -0.4 is 9.47 Å². The van der Waals surface area contributed by atoms with Crippen LogP contribution in [0.15, 0.2) is 30.3 Å². The summed E-state index contributed by atoms with van der Waals surface area (Å²) in [5, 5.41) is 9.78. The van der Waals surface area contributed by atoms with Gasteiger partial charge in [-0.05, 0) is 118 Å². The van der Waals surface area contributed by atoms with Crippen LogP contribution in [-0.4, -0.2) is 24.4 Å². The second-order valence-electron chi connectivity index (χ2n) is 10.3. The fourth-order valence-electron chi connectivity index (χ4n) is 5.80. The lowest BCUT2D eigenvalue weighted by atomic mass is 9.77. The monoisotopic (exact) mass is 490 g/mol. The minimum Gasteiger partial charge on any atom is -0.491 e. The van der Waals surface area contributed by atoms with Crippen LogP contribution in [0.5, 0.6) is 11.5 Å². The summed E-state index contributed by atoms with van der Waals surface area (Å²) in [7, 11) is 0. The molecule has 0 aliphatic heterocycles. The lowest BCUT2D eigenvalue weighted by Crippen LogP contribution is -2.23. The maximum atomic E-state index is 14.9. The molecule has 2 saturated carbocycles. The van der Waals surface area contributed by atoms with Gasteiger partial charge in [-0.1, -0.05) is 12.1 Å². The third-order valence-corrected chi connectivity index (χ3v) is 8.02. The zero-order valence-electron chi connectivity index (χ0n) is 20.7. The molecule has 2 fully saturated rings. The summed E-state index contributed by atoms with van der Waals surface area (Å²) >= 11 is 0. The molecule has 2 aromatic rings. The highest BCUT2D eigenvalue weighted by atomic mass is 19.2. The number of halogens is 3. The summed E-state index contributed by atoms with van der Waals surface area (Å²) in [4.78, 5) is 0. The molecule has 35 heavy (non-hydrogen) atoms. The first-order chi connectivity index (χ1) is 16.9. The highest BCUT2D eigenvalue weighted by Gasteiger charge is 2.29. The summed E-state index contributed by atoms with van der Waals surface area (Å²) in [5.41, 5.74) is 1.40. The van der Waals surface area contributed by atoms with Crippen molar-refractivity contribution in [2.24, 2.45) is 11.8 Å².